The molecule has 0 spiro atoms. The molecule has 2 fully saturated rings. The summed E-state index contributed by atoms with van der Waals surface area (Å²) in [6.07, 6.45) is 3.27. The Kier molecular flexibility index (Phi) is 20.6. The van der Waals surface area contributed by atoms with Crippen LogP contribution < -0.4 is 54.4 Å². The fourth-order valence-corrected chi connectivity index (χ4v) is 7.01. The summed E-state index contributed by atoms with van der Waals surface area (Å²) in [6.45, 7) is 10.2. The van der Waals surface area contributed by atoms with Crippen molar-refractivity contribution < 1.29 is 39.0 Å². The number of hydrogen-bond donors (Lipinski definition) is 12. The number of guanidine groups is 1. The summed E-state index contributed by atoms with van der Waals surface area (Å²) >= 11 is 0. The highest BCUT2D eigenvalue weighted by Gasteiger charge is 2.38. The number of phenolic OH excluding ortho intramolecular Hbond substituents is 1. The minimum absolute atomic E-state index is 0.00942. The van der Waals surface area contributed by atoms with Gasteiger partial charge in [-0.15, -0.1) is 0 Å². The van der Waals surface area contributed by atoms with Gasteiger partial charge in [-0.1, -0.05) is 46.2 Å². The number of amides is 5. The lowest BCUT2D eigenvalue weighted by molar-refractivity contribution is -0.143. The number of carboxylic acids is 1. The van der Waals surface area contributed by atoms with Crippen molar-refractivity contribution >= 4 is 41.5 Å². The Balaban J connectivity index is 1.59. The average molecular weight is 845 g/mol. The number of carbonyl (C=O) groups is 6. The molecule has 0 saturated carbocycles. The van der Waals surface area contributed by atoms with Crippen LogP contribution >= 0.6 is 0 Å². The van der Waals surface area contributed by atoms with E-state index in [-0.39, 0.29) is 56.3 Å². The minimum Gasteiger partial charge on any atom is -0.508 e. The number of aliphatic carboxylic acids is 1. The van der Waals surface area contributed by atoms with Crippen molar-refractivity contribution in [3.63, 3.8) is 0 Å². The molecule has 2 heterocycles. The molecular weight excluding hydrogens is 777 g/mol. The third-order valence-electron chi connectivity index (χ3n) is 10.7. The van der Waals surface area contributed by atoms with Crippen LogP contribution in [0.2, 0.25) is 0 Å². The lowest BCUT2D eigenvalue weighted by atomic mass is 9.96. The van der Waals surface area contributed by atoms with Crippen LogP contribution in [0.3, 0.4) is 0 Å². The van der Waals surface area contributed by atoms with E-state index in [4.69, 9.17) is 17.2 Å². The first kappa shape index (κ1) is 49.5. The topological polar surface area (TPSA) is 321 Å². The van der Waals surface area contributed by atoms with Crippen molar-refractivity contribution in [3.05, 3.63) is 29.8 Å². The molecule has 1 aromatic rings. The van der Waals surface area contributed by atoms with E-state index in [1.807, 2.05) is 20.8 Å². The van der Waals surface area contributed by atoms with Gasteiger partial charge in [0.05, 0.1) is 12.1 Å². The van der Waals surface area contributed by atoms with Gasteiger partial charge in [0.25, 0.3) is 0 Å². The predicted octanol–water partition coefficient (Wildman–Crippen LogP) is -1.73. The number of nitrogens with zero attached hydrogens (tertiary/aromatic N) is 2. The van der Waals surface area contributed by atoms with E-state index in [0.717, 1.165) is 13.1 Å². The first-order chi connectivity index (χ1) is 28.5. The Bertz CT molecular complexity index is 1610. The van der Waals surface area contributed by atoms with Crippen LogP contribution in [0.25, 0.3) is 0 Å². The Morgan fingerprint density at radius 3 is 2.20 bits per heavy atom. The van der Waals surface area contributed by atoms with Crippen LogP contribution in [0.5, 0.6) is 5.75 Å². The van der Waals surface area contributed by atoms with Crippen molar-refractivity contribution in [1.82, 2.24) is 42.1 Å². The first-order valence-corrected chi connectivity index (χ1v) is 21.0. The second-order valence-electron chi connectivity index (χ2n) is 16.1. The van der Waals surface area contributed by atoms with Crippen molar-refractivity contribution in [2.45, 2.75) is 128 Å². The number of carboxylic acid groups (broad SMARTS) is 1. The van der Waals surface area contributed by atoms with Crippen molar-refractivity contribution in [2.24, 2.45) is 34.0 Å². The number of carbonyl (C=O) groups excluding carboxylic acids is 5. The standard InChI is InChI=1S/C40H68N12O8/c1-5-24(4)32(36(57)49-30(38(59)60)21-23(2)3)50-34(55)29(22-25-12-14-26(53)15-13-25)48-35(56)31-11-8-20-52(31)37(58)28(42)10-7-16-44-39(43)51-33(54)27(41)9-6-17-45-40-46-18-19-47-40/h12-15,23-24,27-32,40,45-47,53H,5-11,16-22,41-42H2,1-4H3,(H,48,56)(H,49,57)(H,50,55)(H,59,60)(H3,43,44,51,54)/t24-,27-,28-,29-,30-,31-,32-/m0/s1. The fourth-order valence-electron chi connectivity index (χ4n) is 7.01. The molecule has 0 aromatic heterocycles. The minimum atomic E-state index is -1.20. The number of benzene rings is 1. The molecule has 2 saturated heterocycles. The van der Waals surface area contributed by atoms with Gasteiger partial charge in [0.1, 0.15) is 36.2 Å². The zero-order valence-corrected chi connectivity index (χ0v) is 35.4. The molecule has 7 atom stereocenters. The largest absolute Gasteiger partial charge is 0.508 e. The zero-order chi connectivity index (χ0) is 44.4. The molecule has 20 heteroatoms. The normalized spacial score (nSPS) is 18.9. The number of phenols is 1. The smallest absolute Gasteiger partial charge is 0.326 e. The van der Waals surface area contributed by atoms with Crippen molar-refractivity contribution in [1.29, 1.82) is 0 Å². The van der Waals surface area contributed by atoms with Gasteiger partial charge in [0.2, 0.25) is 29.5 Å². The van der Waals surface area contributed by atoms with E-state index in [9.17, 15) is 39.0 Å². The zero-order valence-electron chi connectivity index (χ0n) is 35.4. The van der Waals surface area contributed by atoms with Gasteiger partial charge in [-0.2, -0.15) is 0 Å². The molecular formula is C40H68N12O8. The second kappa shape index (κ2) is 25.0. The van der Waals surface area contributed by atoms with E-state index < -0.39 is 77.7 Å². The fraction of sp³-hybridized carbons (Fsp3) is 0.675. The molecule has 336 valence electrons. The summed E-state index contributed by atoms with van der Waals surface area (Å²) in [5, 5.41) is 39.9. The first-order valence-electron chi connectivity index (χ1n) is 21.0. The third-order valence-corrected chi connectivity index (χ3v) is 10.7. The Morgan fingerprint density at radius 1 is 0.900 bits per heavy atom. The molecule has 15 N–H and O–H groups in total. The van der Waals surface area contributed by atoms with Gasteiger partial charge in [0, 0.05) is 32.6 Å². The Labute approximate surface area is 352 Å². The number of nitrogens with two attached hydrogens (primary N) is 3. The Morgan fingerprint density at radius 2 is 1.57 bits per heavy atom. The summed E-state index contributed by atoms with van der Waals surface area (Å²) < 4.78 is 0. The summed E-state index contributed by atoms with van der Waals surface area (Å²) in [4.78, 5) is 84.8. The maximum Gasteiger partial charge on any atom is 0.326 e. The van der Waals surface area contributed by atoms with E-state index in [0.29, 0.717) is 50.6 Å². The number of rotatable bonds is 24. The van der Waals surface area contributed by atoms with E-state index >= 15 is 0 Å². The van der Waals surface area contributed by atoms with Crippen LogP contribution in [0.4, 0.5) is 0 Å². The maximum atomic E-state index is 14.0. The molecule has 20 nitrogen and oxygen atoms in total. The van der Waals surface area contributed by atoms with Gasteiger partial charge in [-0.05, 0) is 81.0 Å². The number of hydrogen-bond acceptors (Lipinski definition) is 13. The van der Waals surface area contributed by atoms with Crippen molar-refractivity contribution in [3.8, 4) is 5.75 Å². The van der Waals surface area contributed by atoms with E-state index in [1.165, 1.54) is 17.0 Å². The van der Waals surface area contributed by atoms with Gasteiger partial charge < -0.3 is 48.3 Å². The molecule has 60 heavy (non-hydrogen) atoms. The quantitative estimate of drug-likeness (QED) is 0.0313. The molecule has 2 aliphatic heterocycles. The predicted molar refractivity (Wildman–Crippen MR) is 226 cm³/mol. The van der Waals surface area contributed by atoms with Gasteiger partial charge in [0.15, 0.2) is 5.96 Å². The van der Waals surface area contributed by atoms with Gasteiger partial charge in [-0.3, -0.25) is 50.2 Å². The second-order valence-corrected chi connectivity index (χ2v) is 16.1. The molecule has 0 aliphatic carbocycles. The highest BCUT2D eigenvalue weighted by atomic mass is 16.4. The highest BCUT2D eigenvalue weighted by Crippen LogP contribution is 2.20. The Hall–Kier alpha value is -4.89. The van der Waals surface area contributed by atoms with Crippen molar-refractivity contribution in [2.75, 3.05) is 32.7 Å². The van der Waals surface area contributed by atoms with E-state index in [1.54, 1.807) is 19.1 Å². The monoisotopic (exact) mass is 845 g/mol. The summed E-state index contributed by atoms with van der Waals surface area (Å²) in [5.41, 5.74) is 18.8. The number of nitrogens with one attached hydrogen (secondary N) is 7. The average Bonchev–Trinajstić information content (AvgIpc) is 3.92. The van der Waals surface area contributed by atoms with Crippen LogP contribution in [0, 0.1) is 11.8 Å². The van der Waals surface area contributed by atoms with Crippen LogP contribution in [-0.4, -0.2) is 132 Å². The number of aromatic hydroxyl groups is 1. The van der Waals surface area contributed by atoms with Crippen LogP contribution in [0.15, 0.2) is 29.3 Å². The number of aliphatic imine (C=N–C) groups is 1. The van der Waals surface area contributed by atoms with Crippen LogP contribution in [-0.2, 0) is 35.2 Å². The van der Waals surface area contributed by atoms with Gasteiger partial charge in [-0.25, -0.2) is 4.79 Å². The molecule has 0 unspecified atom stereocenters. The molecule has 2 aliphatic rings. The summed E-state index contributed by atoms with van der Waals surface area (Å²) in [6, 6.07) is -0.0222. The molecule has 0 radical (unpaired) electrons. The molecule has 1 aromatic carbocycles. The summed E-state index contributed by atoms with van der Waals surface area (Å²) in [7, 11) is 0. The number of likely N-dealkylation sites (tertiary alicyclic amines) is 1. The van der Waals surface area contributed by atoms with Crippen LogP contribution in [0.1, 0.15) is 84.6 Å². The SMILES string of the molecule is CC[C@H](C)[C@H](NC(=O)[C@H](Cc1ccc(O)cc1)NC(=O)[C@@H]1CCCN1C(=O)[C@@H](N)CCCN=C(N)NC(=O)[C@@H](N)CCCNC1NCCN1)C(=O)N[C@@H](CC(C)C)C(=O)O. The molecule has 3 rings (SSSR count). The summed E-state index contributed by atoms with van der Waals surface area (Å²) in [5.74, 6) is -4.50. The third kappa shape index (κ3) is 16.3. The molecule has 5 amide bonds. The lowest BCUT2D eigenvalue weighted by Crippen LogP contribution is -2.59. The van der Waals surface area contributed by atoms with Gasteiger partial charge >= 0.3 is 5.97 Å². The highest BCUT2D eigenvalue weighted by molar-refractivity contribution is 5.98. The molecule has 0 bridgehead atoms. The maximum absolute atomic E-state index is 14.0. The lowest BCUT2D eigenvalue weighted by Gasteiger charge is -2.30. The van der Waals surface area contributed by atoms with E-state index in [2.05, 4.69) is 42.2 Å².